The molecule has 0 aliphatic carbocycles. The third-order valence-electron chi connectivity index (χ3n) is 3.83. The fourth-order valence-corrected chi connectivity index (χ4v) is 2.34. The summed E-state index contributed by atoms with van der Waals surface area (Å²) in [5.74, 6) is -1.78. The van der Waals surface area contributed by atoms with Crippen LogP contribution in [0.3, 0.4) is 0 Å². The Labute approximate surface area is 163 Å². The summed E-state index contributed by atoms with van der Waals surface area (Å²) in [5.41, 5.74) is 4.74. The first-order chi connectivity index (χ1) is 13.3. The first-order valence-electron chi connectivity index (χ1n) is 8.40. The van der Waals surface area contributed by atoms with Gasteiger partial charge in [0.05, 0.1) is 23.3 Å². The Morgan fingerprint density at radius 2 is 1.54 bits per heavy atom. The molecule has 0 atom stereocenters. The molecular weight excluding hydrogens is 356 g/mol. The van der Waals surface area contributed by atoms with Gasteiger partial charge < -0.3 is 10.2 Å². The Kier molecular flexibility index (Phi) is 8.66. The number of nitrogens with zero attached hydrogens (tertiary/aromatic N) is 2. The molecular formula is C22H20N2O4. The quantitative estimate of drug-likeness (QED) is 0.764. The van der Waals surface area contributed by atoms with Crippen molar-refractivity contribution in [3.05, 3.63) is 75.9 Å². The fourth-order valence-electron chi connectivity index (χ4n) is 2.34. The Morgan fingerprint density at radius 1 is 0.964 bits per heavy atom. The number of aryl methyl sites for hydroxylation is 3. The Bertz CT molecular complexity index is 979. The second kappa shape index (κ2) is 10.9. The molecule has 28 heavy (non-hydrogen) atoms. The molecule has 0 bridgehead atoms. The molecule has 0 unspecified atom stereocenters. The van der Waals surface area contributed by atoms with Gasteiger partial charge in [0.2, 0.25) is 0 Å². The van der Waals surface area contributed by atoms with E-state index in [0.29, 0.717) is 17.5 Å². The number of rotatable bonds is 5. The highest BCUT2D eigenvalue weighted by atomic mass is 16.4. The van der Waals surface area contributed by atoms with Crippen LogP contribution in [0.4, 0.5) is 0 Å². The van der Waals surface area contributed by atoms with Gasteiger partial charge in [0, 0.05) is 12.5 Å². The number of benzene rings is 2. The van der Waals surface area contributed by atoms with Gasteiger partial charge in [-0.2, -0.15) is 10.5 Å². The monoisotopic (exact) mass is 376 g/mol. The van der Waals surface area contributed by atoms with Crippen LogP contribution < -0.4 is 0 Å². The van der Waals surface area contributed by atoms with Crippen molar-refractivity contribution in [1.29, 1.82) is 10.5 Å². The molecule has 0 aliphatic heterocycles. The van der Waals surface area contributed by atoms with E-state index in [-0.39, 0.29) is 6.42 Å². The van der Waals surface area contributed by atoms with E-state index in [4.69, 9.17) is 20.7 Å². The average molecular weight is 376 g/mol. The van der Waals surface area contributed by atoms with Crippen LogP contribution in [-0.4, -0.2) is 22.2 Å². The fraction of sp³-hybridized carbons (Fsp3) is 0.182. The van der Waals surface area contributed by atoms with Crippen molar-refractivity contribution >= 4 is 18.0 Å². The molecule has 6 heteroatoms. The van der Waals surface area contributed by atoms with Crippen LogP contribution in [0.2, 0.25) is 0 Å². The SMILES string of the molecule is Cc1cc(/C=C/C(=O)O)ccc1C#N.Cc1cc(CCC(=O)O)ccc1C#N. The lowest BCUT2D eigenvalue weighted by Crippen LogP contribution is -1.98. The van der Waals surface area contributed by atoms with Crippen LogP contribution in [0.15, 0.2) is 42.5 Å². The lowest BCUT2D eigenvalue weighted by atomic mass is 10.0. The average Bonchev–Trinajstić information content (AvgIpc) is 2.65. The Morgan fingerprint density at radius 3 is 2.00 bits per heavy atom. The second-order valence-electron chi connectivity index (χ2n) is 6.01. The maximum Gasteiger partial charge on any atom is 0.328 e. The molecule has 0 radical (unpaired) electrons. The van der Waals surface area contributed by atoms with Crippen molar-refractivity contribution in [2.45, 2.75) is 26.7 Å². The van der Waals surface area contributed by atoms with Crippen LogP contribution in [0.5, 0.6) is 0 Å². The van der Waals surface area contributed by atoms with Gasteiger partial charge >= 0.3 is 11.9 Å². The molecule has 142 valence electrons. The molecule has 0 heterocycles. The molecule has 0 aromatic heterocycles. The highest BCUT2D eigenvalue weighted by Gasteiger charge is 2.02. The molecule has 2 aromatic rings. The highest BCUT2D eigenvalue weighted by molar-refractivity contribution is 5.85. The van der Waals surface area contributed by atoms with Crippen LogP contribution in [0.25, 0.3) is 6.08 Å². The first kappa shape index (κ1) is 22.1. The van der Waals surface area contributed by atoms with Crippen LogP contribution in [0.1, 0.15) is 39.8 Å². The lowest BCUT2D eigenvalue weighted by Gasteiger charge is -2.01. The van der Waals surface area contributed by atoms with Crippen molar-refractivity contribution < 1.29 is 19.8 Å². The van der Waals surface area contributed by atoms with Crippen LogP contribution in [-0.2, 0) is 16.0 Å². The molecule has 0 saturated carbocycles. The molecule has 2 rings (SSSR count). The van der Waals surface area contributed by atoms with Crippen molar-refractivity contribution in [2.75, 3.05) is 0 Å². The minimum Gasteiger partial charge on any atom is -0.481 e. The summed E-state index contributed by atoms with van der Waals surface area (Å²) < 4.78 is 0. The van der Waals surface area contributed by atoms with Crippen molar-refractivity contribution in [2.24, 2.45) is 0 Å². The van der Waals surface area contributed by atoms with Crippen molar-refractivity contribution in [1.82, 2.24) is 0 Å². The third-order valence-corrected chi connectivity index (χ3v) is 3.83. The van der Waals surface area contributed by atoms with E-state index in [1.165, 1.54) is 6.08 Å². The van der Waals surface area contributed by atoms with Gasteiger partial charge in [-0.05, 0) is 60.7 Å². The maximum absolute atomic E-state index is 10.3. The zero-order chi connectivity index (χ0) is 21.1. The minimum atomic E-state index is -0.980. The number of carboxylic acids is 2. The minimum absolute atomic E-state index is 0.130. The summed E-state index contributed by atoms with van der Waals surface area (Å²) in [5, 5.41) is 34.2. The summed E-state index contributed by atoms with van der Waals surface area (Å²) in [4.78, 5) is 20.6. The Balaban J connectivity index is 0.000000280. The summed E-state index contributed by atoms with van der Waals surface area (Å²) in [6.45, 7) is 3.67. The molecule has 2 N–H and O–H groups in total. The lowest BCUT2D eigenvalue weighted by molar-refractivity contribution is -0.137. The zero-order valence-corrected chi connectivity index (χ0v) is 15.6. The maximum atomic E-state index is 10.3. The van der Waals surface area contributed by atoms with Gasteiger partial charge in [-0.3, -0.25) is 4.79 Å². The number of carbonyl (C=O) groups is 2. The summed E-state index contributed by atoms with van der Waals surface area (Å²) in [7, 11) is 0. The van der Waals surface area contributed by atoms with Gasteiger partial charge in [-0.25, -0.2) is 4.79 Å². The molecule has 0 fully saturated rings. The van der Waals surface area contributed by atoms with E-state index in [1.54, 1.807) is 30.3 Å². The predicted molar refractivity (Wildman–Crippen MR) is 104 cm³/mol. The topological polar surface area (TPSA) is 122 Å². The zero-order valence-electron chi connectivity index (χ0n) is 15.6. The van der Waals surface area contributed by atoms with E-state index >= 15 is 0 Å². The number of carboxylic acid groups (broad SMARTS) is 2. The van der Waals surface area contributed by atoms with Gasteiger partial charge in [0.1, 0.15) is 0 Å². The van der Waals surface area contributed by atoms with E-state index < -0.39 is 11.9 Å². The van der Waals surface area contributed by atoms with Crippen molar-refractivity contribution in [3.63, 3.8) is 0 Å². The summed E-state index contributed by atoms with van der Waals surface area (Å²) in [6, 6.07) is 14.7. The van der Waals surface area contributed by atoms with Crippen molar-refractivity contribution in [3.8, 4) is 12.1 Å². The number of nitriles is 2. The summed E-state index contributed by atoms with van der Waals surface area (Å²) >= 11 is 0. The summed E-state index contributed by atoms with van der Waals surface area (Å²) in [6.07, 6.45) is 3.21. The first-order valence-corrected chi connectivity index (χ1v) is 8.40. The molecule has 0 amide bonds. The Hall–Kier alpha value is -3.90. The van der Waals surface area contributed by atoms with Crippen LogP contribution >= 0.6 is 0 Å². The van der Waals surface area contributed by atoms with Gasteiger partial charge in [-0.1, -0.05) is 24.3 Å². The number of hydrogen-bond donors (Lipinski definition) is 2. The van der Waals surface area contributed by atoms with Gasteiger partial charge in [-0.15, -0.1) is 0 Å². The van der Waals surface area contributed by atoms with Crippen LogP contribution in [0, 0.1) is 36.5 Å². The standard InChI is InChI=1S/C11H11NO2.C11H9NO2/c2*1-8-6-9(3-5-11(13)14)2-4-10(8)7-12/h2,4,6H,3,5H2,1H3,(H,13,14);2-6H,1H3,(H,13,14)/b;5-3+. The van der Waals surface area contributed by atoms with E-state index in [9.17, 15) is 9.59 Å². The molecule has 2 aromatic carbocycles. The number of aliphatic carboxylic acids is 2. The molecule has 0 aliphatic rings. The largest absolute Gasteiger partial charge is 0.481 e. The van der Waals surface area contributed by atoms with E-state index in [1.807, 2.05) is 26.0 Å². The van der Waals surface area contributed by atoms with E-state index in [2.05, 4.69) is 6.07 Å². The third kappa shape index (κ3) is 7.55. The van der Waals surface area contributed by atoms with Gasteiger partial charge in [0.25, 0.3) is 0 Å². The van der Waals surface area contributed by atoms with E-state index in [0.717, 1.165) is 28.3 Å². The predicted octanol–water partition coefficient (Wildman–Crippen LogP) is 3.85. The molecule has 0 spiro atoms. The molecule has 0 saturated heterocycles. The highest BCUT2D eigenvalue weighted by Crippen LogP contribution is 2.12. The smallest absolute Gasteiger partial charge is 0.328 e. The molecule has 6 nitrogen and oxygen atoms in total. The number of hydrogen-bond acceptors (Lipinski definition) is 4. The van der Waals surface area contributed by atoms with Gasteiger partial charge in [0.15, 0.2) is 0 Å². The second-order valence-corrected chi connectivity index (χ2v) is 6.01. The normalized spacial score (nSPS) is 9.71.